The van der Waals surface area contributed by atoms with E-state index in [2.05, 4.69) is 15.3 Å². The molecule has 1 N–H and O–H groups in total. The number of amides is 1. The second-order valence-corrected chi connectivity index (χ2v) is 5.25. The molecule has 0 fully saturated rings. The highest BCUT2D eigenvalue weighted by atomic mass is 19.2. The average molecular weight is 330 g/mol. The zero-order valence-electron chi connectivity index (χ0n) is 13.1. The second-order valence-electron chi connectivity index (χ2n) is 5.25. The molecule has 0 aliphatic carbocycles. The maximum absolute atomic E-state index is 13.2. The lowest BCUT2D eigenvalue weighted by molar-refractivity contribution is 0.0953. The third-order valence-electron chi connectivity index (χ3n) is 3.72. The van der Waals surface area contributed by atoms with Gasteiger partial charge in [0.25, 0.3) is 5.91 Å². The fourth-order valence-corrected chi connectivity index (χ4v) is 2.56. The van der Waals surface area contributed by atoms with Gasteiger partial charge in [-0.25, -0.2) is 18.7 Å². The van der Waals surface area contributed by atoms with E-state index in [1.807, 2.05) is 23.6 Å². The van der Waals surface area contributed by atoms with E-state index in [9.17, 15) is 13.6 Å². The van der Waals surface area contributed by atoms with Crippen LogP contribution < -0.4 is 5.32 Å². The van der Waals surface area contributed by atoms with Gasteiger partial charge in [-0.3, -0.25) is 4.79 Å². The topological polar surface area (TPSA) is 59.8 Å². The lowest BCUT2D eigenvalue weighted by Gasteiger charge is -2.07. The molecule has 0 unspecified atom stereocenters. The maximum Gasteiger partial charge on any atom is 0.251 e. The number of carbonyl (C=O) groups is 1. The first-order valence-corrected chi connectivity index (χ1v) is 7.63. The summed E-state index contributed by atoms with van der Waals surface area (Å²) >= 11 is 0. The van der Waals surface area contributed by atoms with Crippen molar-refractivity contribution in [2.24, 2.45) is 0 Å². The fourth-order valence-electron chi connectivity index (χ4n) is 2.56. The minimum atomic E-state index is -1.04. The number of halogens is 2. The van der Waals surface area contributed by atoms with Crippen molar-refractivity contribution < 1.29 is 13.6 Å². The van der Waals surface area contributed by atoms with Crippen molar-refractivity contribution in [2.45, 2.75) is 19.9 Å². The molecule has 124 valence electrons. The number of nitrogens with zero attached hydrogens (tertiary/aromatic N) is 3. The highest BCUT2D eigenvalue weighted by Crippen LogP contribution is 2.14. The van der Waals surface area contributed by atoms with Crippen molar-refractivity contribution in [2.75, 3.05) is 6.54 Å². The minimum absolute atomic E-state index is 0.0829. The Balaban J connectivity index is 1.68. The van der Waals surface area contributed by atoms with E-state index in [0.717, 1.165) is 35.7 Å². The standard InChI is InChI=1S/C17H16F2N4O/c1-2-23-15(22-14-4-3-8-20-16(14)23)7-9-21-17(24)11-5-6-12(18)13(19)10-11/h3-6,8,10H,2,7,9H2,1H3,(H,21,24). The van der Waals surface area contributed by atoms with Gasteiger partial charge in [0.15, 0.2) is 17.3 Å². The van der Waals surface area contributed by atoms with Crippen molar-refractivity contribution >= 4 is 17.1 Å². The van der Waals surface area contributed by atoms with Crippen LogP contribution in [0.4, 0.5) is 8.78 Å². The van der Waals surface area contributed by atoms with Gasteiger partial charge < -0.3 is 9.88 Å². The lowest BCUT2D eigenvalue weighted by atomic mass is 10.2. The van der Waals surface area contributed by atoms with Crippen molar-refractivity contribution in [3.8, 4) is 0 Å². The van der Waals surface area contributed by atoms with Crippen molar-refractivity contribution in [1.82, 2.24) is 19.9 Å². The first-order valence-electron chi connectivity index (χ1n) is 7.63. The molecular weight excluding hydrogens is 314 g/mol. The minimum Gasteiger partial charge on any atom is -0.352 e. The Morgan fingerprint density at radius 2 is 2.08 bits per heavy atom. The van der Waals surface area contributed by atoms with E-state index in [4.69, 9.17) is 0 Å². The Labute approximate surface area is 137 Å². The van der Waals surface area contributed by atoms with Crippen LogP contribution in [0.2, 0.25) is 0 Å². The average Bonchev–Trinajstić information content (AvgIpc) is 2.94. The molecule has 24 heavy (non-hydrogen) atoms. The Morgan fingerprint density at radius 3 is 2.83 bits per heavy atom. The van der Waals surface area contributed by atoms with Gasteiger partial charge in [-0.15, -0.1) is 0 Å². The third-order valence-corrected chi connectivity index (χ3v) is 3.72. The van der Waals surface area contributed by atoms with Crippen molar-refractivity contribution in [3.63, 3.8) is 0 Å². The summed E-state index contributed by atoms with van der Waals surface area (Å²) in [6, 6.07) is 6.78. The summed E-state index contributed by atoms with van der Waals surface area (Å²) in [6.45, 7) is 3.06. The van der Waals surface area contributed by atoms with Gasteiger partial charge in [0.1, 0.15) is 11.3 Å². The second kappa shape index (κ2) is 6.74. The highest BCUT2D eigenvalue weighted by Gasteiger charge is 2.12. The molecule has 0 aliphatic heterocycles. The van der Waals surface area contributed by atoms with Crippen molar-refractivity contribution in [1.29, 1.82) is 0 Å². The first kappa shape index (κ1) is 16.0. The Hall–Kier alpha value is -2.83. The van der Waals surface area contributed by atoms with E-state index in [-0.39, 0.29) is 5.56 Å². The molecule has 0 bridgehead atoms. The molecule has 0 aliphatic rings. The lowest BCUT2D eigenvalue weighted by Crippen LogP contribution is -2.26. The number of aryl methyl sites for hydroxylation is 1. The van der Waals surface area contributed by atoms with E-state index in [1.54, 1.807) is 6.20 Å². The van der Waals surface area contributed by atoms with Gasteiger partial charge in [-0.05, 0) is 37.3 Å². The summed E-state index contributed by atoms with van der Waals surface area (Å²) in [5.74, 6) is -1.65. The van der Waals surface area contributed by atoms with Crippen LogP contribution >= 0.6 is 0 Å². The van der Waals surface area contributed by atoms with Crippen LogP contribution in [0, 0.1) is 11.6 Å². The first-order chi connectivity index (χ1) is 11.6. The fraction of sp³-hybridized carbons (Fsp3) is 0.235. The van der Waals surface area contributed by atoms with Gasteiger partial charge >= 0.3 is 0 Å². The molecule has 2 aromatic heterocycles. The number of fused-ring (bicyclic) bond motifs is 1. The molecule has 0 saturated heterocycles. The molecule has 2 heterocycles. The number of rotatable bonds is 5. The van der Waals surface area contributed by atoms with Crippen LogP contribution in [0.25, 0.3) is 11.2 Å². The van der Waals surface area contributed by atoms with Gasteiger partial charge in [0, 0.05) is 31.3 Å². The number of imidazole rings is 1. The number of hydrogen-bond donors (Lipinski definition) is 1. The Bertz CT molecular complexity index is 891. The van der Waals surface area contributed by atoms with Crippen LogP contribution in [0.5, 0.6) is 0 Å². The third kappa shape index (κ3) is 3.10. The number of hydrogen-bond acceptors (Lipinski definition) is 3. The summed E-state index contributed by atoms with van der Waals surface area (Å²) in [6.07, 6.45) is 2.23. The molecule has 0 spiro atoms. The summed E-state index contributed by atoms with van der Waals surface area (Å²) < 4.78 is 28.1. The van der Waals surface area contributed by atoms with Gasteiger partial charge in [-0.1, -0.05) is 0 Å². The largest absolute Gasteiger partial charge is 0.352 e. The van der Waals surface area contributed by atoms with Gasteiger partial charge in [-0.2, -0.15) is 0 Å². The predicted molar refractivity (Wildman–Crippen MR) is 85.6 cm³/mol. The molecule has 5 nitrogen and oxygen atoms in total. The van der Waals surface area contributed by atoms with Crippen LogP contribution in [0.3, 0.4) is 0 Å². The zero-order valence-corrected chi connectivity index (χ0v) is 13.1. The van der Waals surface area contributed by atoms with Crippen LogP contribution in [-0.4, -0.2) is 27.0 Å². The predicted octanol–water partition coefficient (Wildman–Crippen LogP) is 2.70. The smallest absolute Gasteiger partial charge is 0.251 e. The van der Waals surface area contributed by atoms with Crippen LogP contribution in [-0.2, 0) is 13.0 Å². The molecule has 0 atom stereocenters. The monoisotopic (exact) mass is 330 g/mol. The summed E-state index contributed by atoms with van der Waals surface area (Å²) in [4.78, 5) is 20.8. The van der Waals surface area contributed by atoms with E-state index < -0.39 is 17.5 Å². The molecule has 7 heteroatoms. The van der Waals surface area contributed by atoms with Gasteiger partial charge in [0.2, 0.25) is 0 Å². The number of pyridine rings is 1. The summed E-state index contributed by atoms with van der Waals surface area (Å²) in [7, 11) is 0. The molecule has 3 rings (SSSR count). The summed E-state index contributed by atoms with van der Waals surface area (Å²) in [5, 5.41) is 2.69. The van der Waals surface area contributed by atoms with E-state index in [0.29, 0.717) is 13.0 Å². The number of nitrogens with one attached hydrogen (secondary N) is 1. The zero-order chi connectivity index (χ0) is 17.1. The molecule has 3 aromatic rings. The molecule has 1 amide bonds. The highest BCUT2D eigenvalue weighted by molar-refractivity contribution is 5.94. The van der Waals surface area contributed by atoms with E-state index in [1.165, 1.54) is 6.07 Å². The summed E-state index contributed by atoms with van der Waals surface area (Å²) in [5.41, 5.74) is 1.70. The number of carbonyl (C=O) groups excluding carboxylic acids is 1. The van der Waals surface area contributed by atoms with Crippen LogP contribution in [0.1, 0.15) is 23.1 Å². The van der Waals surface area contributed by atoms with Gasteiger partial charge in [0.05, 0.1) is 0 Å². The Morgan fingerprint density at radius 1 is 1.25 bits per heavy atom. The van der Waals surface area contributed by atoms with Crippen LogP contribution in [0.15, 0.2) is 36.5 Å². The molecule has 1 aromatic carbocycles. The number of aromatic nitrogens is 3. The normalized spacial score (nSPS) is 11.0. The SMILES string of the molecule is CCn1c(CCNC(=O)c2ccc(F)c(F)c2)nc2cccnc21. The quantitative estimate of drug-likeness (QED) is 0.782. The number of benzene rings is 1. The van der Waals surface area contributed by atoms with E-state index >= 15 is 0 Å². The molecule has 0 radical (unpaired) electrons. The molecular formula is C17H16F2N4O. The van der Waals surface area contributed by atoms with Crippen molar-refractivity contribution in [3.05, 3.63) is 59.6 Å². The molecule has 0 saturated carbocycles. The maximum atomic E-state index is 13.2. The Kier molecular flexibility index (Phi) is 4.50.